The second-order valence-electron chi connectivity index (χ2n) is 4.46. The molecule has 0 unspecified atom stereocenters. The predicted molar refractivity (Wildman–Crippen MR) is 76.2 cm³/mol. The number of carbonyl (C=O) groups is 2. The molecule has 0 saturated carbocycles. The monoisotopic (exact) mass is 288 g/mol. The normalized spacial score (nSPS) is 17.6. The zero-order chi connectivity index (χ0) is 15.2. The van der Waals surface area contributed by atoms with Gasteiger partial charge in [-0.15, -0.1) is 0 Å². The Kier molecular flexibility index (Phi) is 4.77. The number of benzene rings is 1. The molecule has 0 N–H and O–H groups in total. The Morgan fingerprint density at radius 1 is 1.14 bits per heavy atom. The maximum absolute atomic E-state index is 11.5. The van der Waals surface area contributed by atoms with Crippen molar-refractivity contribution in [3.8, 4) is 0 Å². The molecule has 0 bridgehead atoms. The quantitative estimate of drug-likeness (QED) is 0.632. The van der Waals surface area contributed by atoms with Crippen LogP contribution >= 0.6 is 0 Å². The van der Waals surface area contributed by atoms with Gasteiger partial charge in [0, 0.05) is 12.8 Å². The van der Waals surface area contributed by atoms with E-state index < -0.39 is 5.97 Å². The van der Waals surface area contributed by atoms with E-state index in [4.69, 9.17) is 4.74 Å². The first kappa shape index (κ1) is 14.8. The second kappa shape index (κ2) is 6.74. The van der Waals surface area contributed by atoms with E-state index in [0.29, 0.717) is 24.2 Å². The van der Waals surface area contributed by atoms with Gasteiger partial charge in [-0.05, 0) is 23.8 Å². The van der Waals surface area contributed by atoms with Gasteiger partial charge in [-0.3, -0.25) is 0 Å². The summed E-state index contributed by atoms with van der Waals surface area (Å²) in [5, 5.41) is 0. The molecule has 0 atom stereocenters. The van der Waals surface area contributed by atoms with Crippen LogP contribution in [-0.2, 0) is 19.0 Å². The van der Waals surface area contributed by atoms with Crippen LogP contribution in [0.3, 0.4) is 0 Å². The van der Waals surface area contributed by atoms with Crippen molar-refractivity contribution in [1.82, 2.24) is 0 Å². The lowest BCUT2D eigenvalue weighted by Gasteiger charge is -2.02. The van der Waals surface area contributed by atoms with Crippen molar-refractivity contribution in [2.75, 3.05) is 14.2 Å². The van der Waals surface area contributed by atoms with Gasteiger partial charge >= 0.3 is 11.9 Å². The average molecular weight is 288 g/mol. The molecule has 0 aromatic heterocycles. The highest BCUT2D eigenvalue weighted by Gasteiger charge is 2.16. The summed E-state index contributed by atoms with van der Waals surface area (Å²) >= 11 is 0. The van der Waals surface area contributed by atoms with Gasteiger partial charge in [0.15, 0.2) is 0 Å². The van der Waals surface area contributed by atoms with Crippen molar-refractivity contribution < 1.29 is 23.8 Å². The number of allylic oxidation sites excluding steroid dienone is 2. The van der Waals surface area contributed by atoms with Gasteiger partial charge in [0.25, 0.3) is 0 Å². The molecule has 110 valence electrons. The van der Waals surface area contributed by atoms with Gasteiger partial charge < -0.3 is 14.2 Å². The van der Waals surface area contributed by atoms with Crippen LogP contribution in [0, 0.1) is 0 Å². The fourth-order valence-electron chi connectivity index (χ4n) is 1.97. The van der Waals surface area contributed by atoms with Crippen molar-refractivity contribution in [2.45, 2.75) is 12.8 Å². The number of methoxy groups -OCH3 is 2. The molecular formula is C16H16O5. The fraction of sp³-hybridized carbons (Fsp3) is 0.250. The van der Waals surface area contributed by atoms with E-state index in [9.17, 15) is 9.59 Å². The number of hydrogen-bond acceptors (Lipinski definition) is 5. The predicted octanol–water partition coefficient (Wildman–Crippen LogP) is 2.68. The Balaban J connectivity index is 2.13. The molecule has 5 heteroatoms. The highest BCUT2D eigenvalue weighted by molar-refractivity contribution is 5.90. The minimum absolute atomic E-state index is 0.381. The number of esters is 2. The molecule has 1 aliphatic rings. The first-order valence-electron chi connectivity index (χ1n) is 6.47. The highest BCUT2D eigenvalue weighted by atomic mass is 16.5. The van der Waals surface area contributed by atoms with Crippen LogP contribution in [0.25, 0.3) is 6.08 Å². The van der Waals surface area contributed by atoms with Crippen LogP contribution in [0.2, 0.25) is 0 Å². The Morgan fingerprint density at radius 2 is 1.90 bits per heavy atom. The first-order chi connectivity index (χ1) is 10.1. The molecule has 1 aromatic carbocycles. The Hall–Kier alpha value is -2.56. The molecule has 0 radical (unpaired) electrons. The van der Waals surface area contributed by atoms with Crippen LogP contribution in [0.1, 0.15) is 28.8 Å². The van der Waals surface area contributed by atoms with E-state index in [0.717, 1.165) is 11.3 Å². The standard InChI is InChI=1S/C16H16O5/c1-19-15(17)10-14-7-6-13(21-14)9-11-4-3-5-12(8-11)16(18)20-2/h3-5,8-10H,6-7H2,1-2H3/b13-9+,14-10-. The third-order valence-electron chi connectivity index (χ3n) is 3.00. The zero-order valence-electron chi connectivity index (χ0n) is 11.9. The molecule has 1 fully saturated rings. The van der Waals surface area contributed by atoms with E-state index in [1.165, 1.54) is 20.3 Å². The van der Waals surface area contributed by atoms with E-state index in [1.54, 1.807) is 18.2 Å². The van der Waals surface area contributed by atoms with Crippen LogP contribution in [0.15, 0.2) is 41.9 Å². The minimum Gasteiger partial charge on any atom is -0.466 e. The van der Waals surface area contributed by atoms with Crippen molar-refractivity contribution in [3.05, 3.63) is 53.0 Å². The average Bonchev–Trinajstić information content (AvgIpc) is 2.93. The highest BCUT2D eigenvalue weighted by Crippen LogP contribution is 2.28. The van der Waals surface area contributed by atoms with Crippen LogP contribution in [-0.4, -0.2) is 26.2 Å². The van der Waals surface area contributed by atoms with Gasteiger partial charge in [0.2, 0.25) is 0 Å². The Labute approximate surface area is 122 Å². The second-order valence-corrected chi connectivity index (χ2v) is 4.46. The lowest BCUT2D eigenvalue weighted by molar-refractivity contribution is -0.135. The third kappa shape index (κ3) is 3.95. The molecule has 0 amide bonds. The van der Waals surface area contributed by atoms with Crippen LogP contribution < -0.4 is 0 Å². The molecule has 21 heavy (non-hydrogen) atoms. The minimum atomic E-state index is -0.432. The molecule has 1 heterocycles. The summed E-state index contributed by atoms with van der Waals surface area (Å²) in [5.41, 5.74) is 1.32. The van der Waals surface area contributed by atoms with Crippen molar-refractivity contribution in [1.29, 1.82) is 0 Å². The molecular weight excluding hydrogens is 272 g/mol. The van der Waals surface area contributed by atoms with Crippen LogP contribution in [0.5, 0.6) is 0 Å². The van der Waals surface area contributed by atoms with E-state index in [-0.39, 0.29) is 5.97 Å². The molecule has 0 aliphatic carbocycles. The molecule has 1 aromatic rings. The van der Waals surface area contributed by atoms with E-state index in [1.807, 2.05) is 12.1 Å². The molecule has 2 rings (SSSR count). The van der Waals surface area contributed by atoms with Gasteiger partial charge in [-0.2, -0.15) is 0 Å². The van der Waals surface area contributed by atoms with E-state index >= 15 is 0 Å². The van der Waals surface area contributed by atoms with Crippen molar-refractivity contribution in [3.63, 3.8) is 0 Å². The first-order valence-corrected chi connectivity index (χ1v) is 6.47. The molecule has 0 spiro atoms. The summed E-state index contributed by atoms with van der Waals surface area (Å²) < 4.78 is 14.8. The molecule has 1 saturated heterocycles. The lowest BCUT2D eigenvalue weighted by Crippen LogP contribution is -2.00. The van der Waals surface area contributed by atoms with Gasteiger partial charge in [-0.25, -0.2) is 9.59 Å². The smallest absolute Gasteiger partial charge is 0.337 e. The fourth-order valence-corrected chi connectivity index (χ4v) is 1.97. The number of carbonyl (C=O) groups excluding carboxylic acids is 2. The Morgan fingerprint density at radius 3 is 2.62 bits per heavy atom. The maximum atomic E-state index is 11.5. The number of hydrogen-bond donors (Lipinski definition) is 0. The summed E-state index contributed by atoms with van der Waals surface area (Å²) in [7, 11) is 2.67. The Bertz CT molecular complexity index is 613. The largest absolute Gasteiger partial charge is 0.466 e. The third-order valence-corrected chi connectivity index (χ3v) is 3.00. The van der Waals surface area contributed by atoms with Gasteiger partial charge in [-0.1, -0.05) is 12.1 Å². The lowest BCUT2D eigenvalue weighted by atomic mass is 10.1. The van der Waals surface area contributed by atoms with Crippen molar-refractivity contribution >= 4 is 18.0 Å². The summed E-state index contributed by atoms with van der Waals surface area (Å²) in [6.07, 6.45) is 4.53. The summed E-state index contributed by atoms with van der Waals surface area (Å²) in [6, 6.07) is 7.06. The molecule has 1 aliphatic heterocycles. The van der Waals surface area contributed by atoms with Gasteiger partial charge in [0.1, 0.15) is 11.5 Å². The van der Waals surface area contributed by atoms with Crippen molar-refractivity contribution in [2.24, 2.45) is 0 Å². The molecule has 5 nitrogen and oxygen atoms in total. The summed E-state index contributed by atoms with van der Waals surface area (Å²) in [6.45, 7) is 0. The van der Waals surface area contributed by atoms with Gasteiger partial charge in [0.05, 0.1) is 25.9 Å². The number of rotatable bonds is 3. The topological polar surface area (TPSA) is 61.8 Å². The summed E-state index contributed by atoms with van der Waals surface area (Å²) in [4.78, 5) is 22.6. The number of ether oxygens (including phenoxy) is 3. The SMILES string of the molecule is COC(=O)/C=C1/CC/C(=C\c2cccc(C(=O)OC)c2)O1. The zero-order valence-corrected chi connectivity index (χ0v) is 11.9. The van der Waals surface area contributed by atoms with E-state index in [2.05, 4.69) is 9.47 Å². The summed E-state index contributed by atoms with van der Waals surface area (Å²) in [5.74, 6) is 0.511. The maximum Gasteiger partial charge on any atom is 0.337 e. The van der Waals surface area contributed by atoms with Crippen LogP contribution in [0.4, 0.5) is 0 Å².